The molecule has 0 saturated carbocycles. The van der Waals surface area contributed by atoms with Crippen molar-refractivity contribution < 1.29 is 0 Å². The molecule has 2 atom stereocenters. The van der Waals surface area contributed by atoms with Crippen molar-refractivity contribution in [3.63, 3.8) is 0 Å². The van der Waals surface area contributed by atoms with Gasteiger partial charge in [-0.15, -0.1) is 0 Å². The van der Waals surface area contributed by atoms with Crippen LogP contribution in [0.5, 0.6) is 0 Å². The third kappa shape index (κ3) is 3.14. The van der Waals surface area contributed by atoms with Gasteiger partial charge < -0.3 is 0 Å². The number of aromatic nitrogens is 1. The van der Waals surface area contributed by atoms with Gasteiger partial charge in [0.2, 0.25) is 0 Å². The predicted octanol–water partition coefficient (Wildman–Crippen LogP) is 1.72. The number of hydrogen-bond donors (Lipinski definition) is 2. The Bertz CT molecular complexity index is 375. The molecule has 2 rings (SSSR count). The summed E-state index contributed by atoms with van der Waals surface area (Å²) in [6.07, 6.45) is 8.36. The lowest BCUT2D eigenvalue weighted by Crippen LogP contribution is -2.61. The maximum Gasteiger partial charge on any atom is 0.0432 e. The van der Waals surface area contributed by atoms with Crippen molar-refractivity contribution in [3.05, 3.63) is 30.1 Å². The van der Waals surface area contributed by atoms with Crippen molar-refractivity contribution in [2.45, 2.75) is 51.1 Å². The van der Waals surface area contributed by atoms with Crippen LogP contribution in [0.25, 0.3) is 0 Å². The van der Waals surface area contributed by atoms with Crippen molar-refractivity contribution in [2.75, 3.05) is 13.1 Å². The largest absolute Gasteiger partial charge is 0.296 e. The van der Waals surface area contributed by atoms with Gasteiger partial charge in [-0.05, 0) is 63.4 Å². The van der Waals surface area contributed by atoms with E-state index in [1.165, 1.54) is 31.5 Å². The van der Waals surface area contributed by atoms with Crippen molar-refractivity contribution in [1.29, 1.82) is 0 Å². The molecule has 106 valence electrons. The smallest absolute Gasteiger partial charge is 0.0432 e. The Hall–Kier alpha value is -0.970. The molecule has 1 aromatic heterocycles. The first kappa shape index (κ1) is 14.4. The lowest BCUT2D eigenvalue weighted by molar-refractivity contribution is 0.0841. The highest BCUT2D eigenvalue weighted by molar-refractivity contribution is 5.14. The zero-order valence-electron chi connectivity index (χ0n) is 12.1. The summed E-state index contributed by atoms with van der Waals surface area (Å²) in [5.41, 5.74) is 4.47. The van der Waals surface area contributed by atoms with E-state index in [-0.39, 0.29) is 11.6 Å². The van der Waals surface area contributed by atoms with Gasteiger partial charge in [0, 0.05) is 24.0 Å². The molecule has 0 radical (unpaired) electrons. The summed E-state index contributed by atoms with van der Waals surface area (Å²) in [6, 6.07) is 4.41. The van der Waals surface area contributed by atoms with E-state index in [1.54, 1.807) is 0 Å². The summed E-state index contributed by atoms with van der Waals surface area (Å²) in [5.74, 6) is 5.86. The van der Waals surface area contributed by atoms with Gasteiger partial charge in [-0.2, -0.15) is 0 Å². The van der Waals surface area contributed by atoms with Gasteiger partial charge in [0.25, 0.3) is 0 Å². The minimum absolute atomic E-state index is 0.120. The van der Waals surface area contributed by atoms with Crippen LogP contribution in [-0.4, -0.2) is 34.6 Å². The maximum atomic E-state index is 5.86. The molecule has 19 heavy (non-hydrogen) atoms. The number of nitrogens with zero attached hydrogens (tertiary/aromatic N) is 2. The van der Waals surface area contributed by atoms with Gasteiger partial charge in [0.15, 0.2) is 0 Å². The number of nitrogens with two attached hydrogens (primary N) is 1. The predicted molar refractivity (Wildman–Crippen MR) is 78.6 cm³/mol. The molecule has 2 heterocycles. The van der Waals surface area contributed by atoms with Crippen LogP contribution in [0.2, 0.25) is 0 Å². The minimum Gasteiger partial charge on any atom is -0.296 e. The molecule has 4 nitrogen and oxygen atoms in total. The third-order valence-corrected chi connectivity index (χ3v) is 4.69. The van der Waals surface area contributed by atoms with Crippen LogP contribution in [-0.2, 0) is 6.42 Å². The summed E-state index contributed by atoms with van der Waals surface area (Å²) >= 11 is 0. The molecule has 0 spiro atoms. The fourth-order valence-corrected chi connectivity index (χ4v) is 3.13. The molecule has 0 bridgehead atoms. The maximum absolute atomic E-state index is 5.86. The molecule has 0 aromatic carbocycles. The highest BCUT2D eigenvalue weighted by atomic mass is 15.3. The summed E-state index contributed by atoms with van der Waals surface area (Å²) < 4.78 is 0. The molecule has 0 aliphatic carbocycles. The summed E-state index contributed by atoms with van der Waals surface area (Å²) in [5, 5.41) is 0. The van der Waals surface area contributed by atoms with E-state index in [2.05, 4.69) is 41.3 Å². The van der Waals surface area contributed by atoms with Crippen LogP contribution in [0.3, 0.4) is 0 Å². The van der Waals surface area contributed by atoms with E-state index in [1.807, 2.05) is 12.4 Å². The number of hydrazine groups is 1. The highest BCUT2D eigenvalue weighted by Gasteiger charge is 2.38. The zero-order valence-corrected chi connectivity index (χ0v) is 12.1. The quantitative estimate of drug-likeness (QED) is 0.605. The van der Waals surface area contributed by atoms with Crippen molar-refractivity contribution in [3.8, 4) is 0 Å². The normalized spacial score (nSPS) is 21.2. The molecule has 1 aliphatic rings. The molecule has 3 N–H and O–H groups in total. The van der Waals surface area contributed by atoms with Gasteiger partial charge in [0.05, 0.1) is 0 Å². The van der Waals surface area contributed by atoms with Crippen LogP contribution in [0.1, 0.15) is 38.7 Å². The Balaban J connectivity index is 2.13. The average molecular weight is 262 g/mol. The Morgan fingerprint density at radius 3 is 2.53 bits per heavy atom. The third-order valence-electron chi connectivity index (χ3n) is 4.69. The molecule has 2 unspecified atom stereocenters. The molecule has 1 saturated heterocycles. The first-order valence-electron chi connectivity index (χ1n) is 7.30. The monoisotopic (exact) mass is 262 g/mol. The second-order valence-electron chi connectivity index (χ2n) is 5.68. The van der Waals surface area contributed by atoms with Crippen LogP contribution in [0, 0.1) is 0 Å². The van der Waals surface area contributed by atoms with Crippen LogP contribution < -0.4 is 11.3 Å². The van der Waals surface area contributed by atoms with Crippen LogP contribution in [0.15, 0.2) is 24.5 Å². The molecule has 0 amide bonds. The number of pyridine rings is 1. The van der Waals surface area contributed by atoms with Crippen LogP contribution in [0.4, 0.5) is 0 Å². The lowest BCUT2D eigenvalue weighted by Gasteiger charge is -2.44. The molecule has 1 fully saturated rings. The Kier molecular flexibility index (Phi) is 4.91. The van der Waals surface area contributed by atoms with Gasteiger partial charge >= 0.3 is 0 Å². The molecule has 1 aromatic rings. The average Bonchev–Trinajstić information content (AvgIpc) is 3.00. The first-order chi connectivity index (χ1) is 9.20. The van der Waals surface area contributed by atoms with Gasteiger partial charge in [-0.1, -0.05) is 6.92 Å². The number of hydrogen-bond acceptors (Lipinski definition) is 4. The van der Waals surface area contributed by atoms with E-state index >= 15 is 0 Å². The van der Waals surface area contributed by atoms with Crippen LogP contribution >= 0.6 is 0 Å². The van der Waals surface area contributed by atoms with E-state index in [4.69, 9.17) is 5.84 Å². The van der Waals surface area contributed by atoms with Gasteiger partial charge in [-0.3, -0.25) is 21.2 Å². The molecular weight excluding hydrogens is 236 g/mol. The van der Waals surface area contributed by atoms with E-state index in [0.29, 0.717) is 0 Å². The second kappa shape index (κ2) is 6.46. The fraction of sp³-hybridized carbons (Fsp3) is 0.667. The number of nitrogens with one attached hydrogen (secondary N) is 1. The zero-order chi connectivity index (χ0) is 13.7. The summed E-state index contributed by atoms with van der Waals surface area (Å²) in [7, 11) is 0. The number of likely N-dealkylation sites (tertiary alicyclic amines) is 1. The standard InChI is InChI=1S/C15H26N4/c1-3-15(2,19-10-4-5-11-19)14(18-16)12-13-6-8-17-9-7-13/h6-9,14,18H,3-5,10-12,16H2,1-2H3. The Morgan fingerprint density at radius 1 is 1.37 bits per heavy atom. The van der Waals surface area contributed by atoms with Crippen molar-refractivity contribution in [1.82, 2.24) is 15.3 Å². The topological polar surface area (TPSA) is 54.2 Å². The van der Waals surface area contributed by atoms with E-state index in [9.17, 15) is 0 Å². The lowest BCUT2D eigenvalue weighted by atomic mass is 9.84. The molecule has 1 aliphatic heterocycles. The minimum atomic E-state index is 0.120. The second-order valence-corrected chi connectivity index (χ2v) is 5.68. The molecular formula is C15H26N4. The van der Waals surface area contributed by atoms with Crippen molar-refractivity contribution >= 4 is 0 Å². The fourth-order valence-electron chi connectivity index (χ4n) is 3.13. The summed E-state index contributed by atoms with van der Waals surface area (Å²) in [4.78, 5) is 6.67. The Labute approximate surface area is 116 Å². The van der Waals surface area contributed by atoms with Gasteiger partial charge in [-0.25, -0.2) is 0 Å². The SMILES string of the molecule is CCC(C)(C(Cc1ccncc1)NN)N1CCCC1. The Morgan fingerprint density at radius 2 is 2.00 bits per heavy atom. The van der Waals surface area contributed by atoms with Gasteiger partial charge in [0.1, 0.15) is 0 Å². The first-order valence-corrected chi connectivity index (χ1v) is 7.30. The highest BCUT2D eigenvalue weighted by Crippen LogP contribution is 2.29. The number of rotatable bonds is 6. The van der Waals surface area contributed by atoms with E-state index < -0.39 is 0 Å². The summed E-state index contributed by atoms with van der Waals surface area (Å²) in [6.45, 7) is 6.98. The van der Waals surface area contributed by atoms with E-state index in [0.717, 1.165) is 12.8 Å². The van der Waals surface area contributed by atoms with Crippen molar-refractivity contribution in [2.24, 2.45) is 5.84 Å². The molecule has 4 heteroatoms.